The molecule has 0 amide bonds. The first-order valence-electron chi connectivity index (χ1n) is 3.44. The van der Waals surface area contributed by atoms with Gasteiger partial charge < -0.3 is 4.90 Å². The number of likely N-dealkylation sites (N-methyl/N-ethyl adjacent to an activating group) is 1. The minimum absolute atomic E-state index is 0.281. The van der Waals surface area contributed by atoms with Crippen LogP contribution in [0.2, 0.25) is 0 Å². The Morgan fingerprint density at radius 2 is 2.30 bits per heavy atom. The molecule has 0 aromatic carbocycles. The van der Waals surface area contributed by atoms with Crippen LogP contribution in [0.4, 0.5) is 0 Å². The molecule has 0 saturated carbocycles. The predicted octanol–water partition coefficient (Wildman–Crippen LogP) is 0.309. The number of Topliss-reactive ketones (excluding diaryl/α,β-unsaturated/α-hetero) is 1. The second-order valence-electron chi connectivity index (χ2n) is 2.57. The van der Waals surface area contributed by atoms with Crippen molar-refractivity contribution in [1.29, 1.82) is 0 Å². The van der Waals surface area contributed by atoms with Crippen molar-refractivity contribution in [3.05, 3.63) is 0 Å². The highest BCUT2D eigenvalue weighted by Crippen LogP contribution is 1.97. The van der Waals surface area contributed by atoms with Crippen LogP contribution < -0.4 is 0 Å². The Morgan fingerprint density at radius 3 is 3.00 bits per heavy atom. The monoisotopic (exact) mass is 140 g/mol. The van der Waals surface area contributed by atoms with Gasteiger partial charge >= 0.3 is 0 Å². The summed E-state index contributed by atoms with van der Waals surface area (Å²) >= 11 is 0. The van der Waals surface area contributed by atoms with E-state index in [1.54, 1.807) is 0 Å². The molecule has 1 aliphatic heterocycles. The van der Waals surface area contributed by atoms with Gasteiger partial charge in [-0.15, -0.1) is 0 Å². The summed E-state index contributed by atoms with van der Waals surface area (Å²) < 4.78 is 0. The normalized spacial score (nSPS) is 20.4. The summed E-state index contributed by atoms with van der Waals surface area (Å²) in [5, 5.41) is 0. The zero-order chi connectivity index (χ0) is 7.56. The number of amidine groups is 1. The SMILES string of the molecule is CC1=NCCC(=O)CN1C. The molecule has 0 radical (unpaired) electrons. The van der Waals surface area contributed by atoms with Gasteiger partial charge in [0.05, 0.1) is 12.4 Å². The summed E-state index contributed by atoms with van der Waals surface area (Å²) in [6.07, 6.45) is 0.599. The van der Waals surface area contributed by atoms with E-state index in [0.29, 0.717) is 19.5 Å². The number of hydrogen-bond acceptors (Lipinski definition) is 3. The Bertz CT molecular complexity index is 174. The molecule has 0 aliphatic carbocycles. The fourth-order valence-corrected chi connectivity index (χ4v) is 0.921. The van der Waals surface area contributed by atoms with Gasteiger partial charge in [-0.1, -0.05) is 0 Å². The van der Waals surface area contributed by atoms with Crippen molar-refractivity contribution in [3.8, 4) is 0 Å². The molecule has 0 atom stereocenters. The van der Waals surface area contributed by atoms with Crippen LogP contribution >= 0.6 is 0 Å². The van der Waals surface area contributed by atoms with Crippen molar-refractivity contribution < 1.29 is 4.79 Å². The maximum atomic E-state index is 10.9. The predicted molar refractivity (Wildman–Crippen MR) is 40.2 cm³/mol. The molecule has 1 aliphatic rings. The molecule has 56 valence electrons. The molecule has 0 aromatic heterocycles. The van der Waals surface area contributed by atoms with E-state index in [1.807, 2.05) is 18.9 Å². The van der Waals surface area contributed by atoms with Crippen molar-refractivity contribution in [1.82, 2.24) is 4.90 Å². The molecule has 0 saturated heterocycles. The second-order valence-corrected chi connectivity index (χ2v) is 2.57. The first-order valence-corrected chi connectivity index (χ1v) is 3.44. The van der Waals surface area contributed by atoms with Crippen LogP contribution in [0.25, 0.3) is 0 Å². The van der Waals surface area contributed by atoms with Crippen molar-refractivity contribution in [3.63, 3.8) is 0 Å². The lowest BCUT2D eigenvalue weighted by Gasteiger charge is -2.13. The van der Waals surface area contributed by atoms with E-state index in [2.05, 4.69) is 4.99 Å². The summed E-state index contributed by atoms with van der Waals surface area (Å²) in [6, 6.07) is 0. The zero-order valence-corrected chi connectivity index (χ0v) is 6.42. The van der Waals surface area contributed by atoms with E-state index >= 15 is 0 Å². The van der Waals surface area contributed by atoms with E-state index in [4.69, 9.17) is 0 Å². The van der Waals surface area contributed by atoms with Crippen LogP contribution in [0.5, 0.6) is 0 Å². The third-order valence-electron chi connectivity index (χ3n) is 1.70. The largest absolute Gasteiger partial charge is 0.356 e. The van der Waals surface area contributed by atoms with Crippen LogP contribution in [-0.4, -0.2) is 36.7 Å². The van der Waals surface area contributed by atoms with Crippen molar-refractivity contribution in [2.24, 2.45) is 4.99 Å². The van der Waals surface area contributed by atoms with Gasteiger partial charge in [0, 0.05) is 20.0 Å². The average molecular weight is 140 g/mol. The maximum absolute atomic E-state index is 10.9. The number of hydrogen-bond donors (Lipinski definition) is 0. The van der Waals surface area contributed by atoms with Gasteiger partial charge in [-0.25, -0.2) is 0 Å². The fraction of sp³-hybridized carbons (Fsp3) is 0.714. The average Bonchev–Trinajstić information content (AvgIpc) is 1.96. The molecular formula is C7H12N2O. The van der Waals surface area contributed by atoms with Gasteiger partial charge in [0.1, 0.15) is 0 Å². The summed E-state index contributed by atoms with van der Waals surface area (Å²) in [6.45, 7) is 3.11. The highest BCUT2D eigenvalue weighted by atomic mass is 16.1. The summed E-state index contributed by atoms with van der Waals surface area (Å²) in [5.41, 5.74) is 0. The van der Waals surface area contributed by atoms with Crippen LogP contribution in [0.1, 0.15) is 13.3 Å². The molecule has 0 aromatic rings. The third kappa shape index (κ3) is 1.56. The summed E-state index contributed by atoms with van der Waals surface area (Å²) in [5.74, 6) is 1.24. The maximum Gasteiger partial charge on any atom is 0.153 e. The number of carbonyl (C=O) groups excluding carboxylic acids is 1. The smallest absolute Gasteiger partial charge is 0.153 e. The molecule has 0 bridgehead atoms. The van der Waals surface area contributed by atoms with E-state index < -0.39 is 0 Å². The minimum Gasteiger partial charge on any atom is -0.356 e. The fourth-order valence-electron chi connectivity index (χ4n) is 0.921. The topological polar surface area (TPSA) is 32.7 Å². The summed E-state index contributed by atoms with van der Waals surface area (Å²) in [7, 11) is 1.89. The lowest BCUT2D eigenvalue weighted by Crippen LogP contribution is -2.28. The lowest BCUT2D eigenvalue weighted by atomic mass is 10.3. The summed E-state index contributed by atoms with van der Waals surface area (Å²) in [4.78, 5) is 17.0. The minimum atomic E-state index is 0.281. The highest BCUT2D eigenvalue weighted by molar-refractivity contribution is 5.89. The quantitative estimate of drug-likeness (QED) is 0.485. The van der Waals surface area contributed by atoms with Crippen molar-refractivity contribution in [2.45, 2.75) is 13.3 Å². The van der Waals surface area contributed by atoms with Gasteiger partial charge in [-0.2, -0.15) is 0 Å². The van der Waals surface area contributed by atoms with Gasteiger partial charge in [-0.3, -0.25) is 9.79 Å². The number of aliphatic imine (C=N–C) groups is 1. The highest BCUT2D eigenvalue weighted by Gasteiger charge is 2.10. The first kappa shape index (κ1) is 7.25. The molecule has 0 fully saturated rings. The molecule has 3 heteroatoms. The number of ketones is 1. The van der Waals surface area contributed by atoms with Gasteiger partial charge in [-0.05, 0) is 6.92 Å². The van der Waals surface area contributed by atoms with Crippen molar-refractivity contribution in [2.75, 3.05) is 20.1 Å². The van der Waals surface area contributed by atoms with E-state index in [0.717, 1.165) is 5.84 Å². The van der Waals surface area contributed by atoms with E-state index in [9.17, 15) is 4.79 Å². The van der Waals surface area contributed by atoms with Gasteiger partial charge in [0.15, 0.2) is 5.78 Å². The van der Waals surface area contributed by atoms with Crippen LogP contribution in [-0.2, 0) is 4.79 Å². The molecule has 1 heterocycles. The zero-order valence-electron chi connectivity index (χ0n) is 6.42. The Kier molecular flexibility index (Phi) is 2.04. The van der Waals surface area contributed by atoms with E-state index in [-0.39, 0.29) is 5.78 Å². The second kappa shape index (κ2) is 2.82. The number of nitrogens with zero attached hydrogens (tertiary/aromatic N) is 2. The molecule has 10 heavy (non-hydrogen) atoms. The number of carbonyl (C=O) groups is 1. The first-order chi connectivity index (χ1) is 4.70. The Labute approximate surface area is 60.7 Å². The van der Waals surface area contributed by atoms with Gasteiger partial charge in [0.2, 0.25) is 0 Å². The Morgan fingerprint density at radius 1 is 1.60 bits per heavy atom. The van der Waals surface area contributed by atoms with Gasteiger partial charge in [0.25, 0.3) is 0 Å². The molecule has 1 rings (SSSR count). The number of rotatable bonds is 0. The van der Waals surface area contributed by atoms with Crippen LogP contribution in [0.15, 0.2) is 4.99 Å². The van der Waals surface area contributed by atoms with Crippen molar-refractivity contribution >= 4 is 11.6 Å². The van der Waals surface area contributed by atoms with E-state index in [1.165, 1.54) is 0 Å². The molecule has 0 N–H and O–H groups in total. The molecule has 0 unspecified atom stereocenters. The third-order valence-corrected chi connectivity index (χ3v) is 1.70. The molecule has 3 nitrogen and oxygen atoms in total. The standard InChI is InChI=1S/C7H12N2O/c1-6-8-4-3-7(10)5-9(6)2/h3-5H2,1-2H3. The molecular weight excluding hydrogens is 128 g/mol. The molecule has 0 spiro atoms. The van der Waals surface area contributed by atoms with Crippen LogP contribution in [0.3, 0.4) is 0 Å². The lowest BCUT2D eigenvalue weighted by molar-refractivity contribution is -0.118. The van der Waals surface area contributed by atoms with Crippen LogP contribution in [0, 0.1) is 0 Å². The Balaban J connectivity index is 2.63. The Hall–Kier alpha value is -0.860.